The van der Waals surface area contributed by atoms with Gasteiger partial charge in [-0.3, -0.25) is 4.90 Å². The normalized spacial score (nSPS) is 18.6. The van der Waals surface area contributed by atoms with Crippen LogP contribution in [0.4, 0.5) is 4.39 Å². The summed E-state index contributed by atoms with van der Waals surface area (Å²) in [4.78, 5) is 2.23. The van der Waals surface area contributed by atoms with Crippen LogP contribution in [0.25, 0.3) is 0 Å². The number of rotatable bonds is 5. The molecule has 0 aromatic heterocycles. The van der Waals surface area contributed by atoms with Crippen LogP contribution < -0.4 is 10.5 Å². The summed E-state index contributed by atoms with van der Waals surface area (Å²) in [6.45, 7) is 4.03. The molecule has 18 heavy (non-hydrogen) atoms. The molecule has 1 fully saturated rings. The van der Waals surface area contributed by atoms with Gasteiger partial charge in [0.2, 0.25) is 0 Å². The van der Waals surface area contributed by atoms with Gasteiger partial charge in [0.25, 0.3) is 0 Å². The van der Waals surface area contributed by atoms with E-state index in [-0.39, 0.29) is 17.6 Å². The molecule has 1 aromatic carbocycles. The molecule has 1 aromatic rings. The molecule has 0 aliphatic carbocycles. The summed E-state index contributed by atoms with van der Waals surface area (Å²) in [6, 6.07) is 6.52. The molecule has 0 amide bonds. The average molecular weight is 254 g/mol. The fraction of sp³-hybridized carbons (Fsp3) is 0.538. The third kappa shape index (κ3) is 3.41. The average Bonchev–Trinajstić information content (AvgIpc) is 2.42. The number of ether oxygens (including phenoxy) is 2. The number of morpholine rings is 1. The van der Waals surface area contributed by atoms with Gasteiger partial charge in [0.05, 0.1) is 19.3 Å². The van der Waals surface area contributed by atoms with Crippen LogP contribution in [0.3, 0.4) is 0 Å². The second-order valence-electron chi connectivity index (χ2n) is 4.28. The number of benzene rings is 1. The third-order valence-corrected chi connectivity index (χ3v) is 3.10. The molecule has 1 heterocycles. The van der Waals surface area contributed by atoms with Gasteiger partial charge in [-0.1, -0.05) is 12.1 Å². The number of nitrogens with two attached hydrogens (primary N) is 1. The predicted molar refractivity (Wildman–Crippen MR) is 67.1 cm³/mol. The molecule has 0 radical (unpaired) electrons. The summed E-state index contributed by atoms with van der Waals surface area (Å²) >= 11 is 0. The minimum atomic E-state index is -0.338. The highest BCUT2D eigenvalue weighted by atomic mass is 19.1. The van der Waals surface area contributed by atoms with Gasteiger partial charge in [0, 0.05) is 19.6 Å². The lowest BCUT2D eigenvalue weighted by Gasteiger charge is -2.33. The number of nitrogens with zero attached hydrogens (tertiary/aromatic N) is 1. The lowest BCUT2D eigenvalue weighted by Crippen LogP contribution is -2.49. The summed E-state index contributed by atoms with van der Waals surface area (Å²) in [6.07, 6.45) is 0. The molecule has 0 saturated carbocycles. The van der Waals surface area contributed by atoms with Crippen molar-refractivity contribution in [2.75, 3.05) is 39.5 Å². The Hall–Kier alpha value is -1.17. The molecule has 2 rings (SSSR count). The highest BCUT2D eigenvalue weighted by Gasteiger charge is 2.20. The maximum Gasteiger partial charge on any atom is 0.165 e. The number of halogens is 1. The van der Waals surface area contributed by atoms with E-state index in [1.54, 1.807) is 18.2 Å². The van der Waals surface area contributed by atoms with Gasteiger partial charge in [0.15, 0.2) is 11.6 Å². The summed E-state index contributed by atoms with van der Waals surface area (Å²) in [7, 11) is 0. The molecular formula is C13H19FN2O2. The number of hydrogen-bond donors (Lipinski definition) is 1. The molecular weight excluding hydrogens is 235 g/mol. The van der Waals surface area contributed by atoms with E-state index in [9.17, 15) is 4.39 Å². The van der Waals surface area contributed by atoms with Gasteiger partial charge in [0.1, 0.15) is 6.61 Å². The standard InChI is InChI=1S/C13H19FN2O2/c14-12-3-1-2-4-13(12)18-10-11(9-15)16-5-7-17-8-6-16/h1-4,11H,5-10,15H2. The molecule has 100 valence electrons. The van der Waals surface area contributed by atoms with Gasteiger partial charge < -0.3 is 15.2 Å². The predicted octanol–water partition coefficient (Wildman–Crippen LogP) is 0.864. The monoisotopic (exact) mass is 254 g/mol. The Labute approximate surface area is 106 Å². The first-order chi connectivity index (χ1) is 8.81. The fourth-order valence-corrected chi connectivity index (χ4v) is 2.01. The van der Waals surface area contributed by atoms with Crippen LogP contribution in [0.15, 0.2) is 24.3 Å². The smallest absolute Gasteiger partial charge is 0.165 e. The molecule has 1 aliphatic heterocycles. The lowest BCUT2D eigenvalue weighted by molar-refractivity contribution is 0.00792. The van der Waals surface area contributed by atoms with E-state index in [2.05, 4.69) is 4.90 Å². The second kappa shape index (κ2) is 6.68. The van der Waals surface area contributed by atoms with E-state index >= 15 is 0 Å². The van der Waals surface area contributed by atoms with Crippen molar-refractivity contribution in [3.63, 3.8) is 0 Å². The van der Waals surface area contributed by atoms with Gasteiger partial charge >= 0.3 is 0 Å². The molecule has 0 spiro atoms. The van der Waals surface area contributed by atoms with Crippen LogP contribution >= 0.6 is 0 Å². The van der Waals surface area contributed by atoms with Crippen molar-refractivity contribution in [3.8, 4) is 5.75 Å². The van der Waals surface area contributed by atoms with Crippen molar-refractivity contribution in [1.29, 1.82) is 0 Å². The Bertz CT molecular complexity index is 370. The first-order valence-electron chi connectivity index (χ1n) is 6.20. The van der Waals surface area contributed by atoms with E-state index in [0.717, 1.165) is 26.3 Å². The van der Waals surface area contributed by atoms with E-state index < -0.39 is 0 Å². The lowest BCUT2D eigenvalue weighted by atomic mass is 10.2. The zero-order valence-corrected chi connectivity index (χ0v) is 10.3. The van der Waals surface area contributed by atoms with Gasteiger partial charge in [-0.15, -0.1) is 0 Å². The van der Waals surface area contributed by atoms with Gasteiger partial charge in [-0.2, -0.15) is 0 Å². The topological polar surface area (TPSA) is 47.7 Å². The van der Waals surface area contributed by atoms with Crippen molar-refractivity contribution in [3.05, 3.63) is 30.1 Å². The quantitative estimate of drug-likeness (QED) is 0.847. The first-order valence-corrected chi connectivity index (χ1v) is 6.20. The summed E-state index contributed by atoms with van der Waals surface area (Å²) in [5.74, 6) is -0.0561. The van der Waals surface area contributed by atoms with E-state index in [0.29, 0.717) is 13.2 Å². The van der Waals surface area contributed by atoms with Gasteiger partial charge in [-0.25, -0.2) is 4.39 Å². The van der Waals surface area contributed by atoms with Gasteiger partial charge in [-0.05, 0) is 12.1 Å². The minimum absolute atomic E-state index is 0.105. The first kappa shape index (κ1) is 13.3. The van der Waals surface area contributed by atoms with Crippen LogP contribution in [-0.4, -0.2) is 50.4 Å². The molecule has 1 saturated heterocycles. The zero-order chi connectivity index (χ0) is 12.8. The van der Waals surface area contributed by atoms with Crippen molar-refractivity contribution in [2.45, 2.75) is 6.04 Å². The highest BCUT2D eigenvalue weighted by molar-refractivity contribution is 5.23. The molecule has 5 heteroatoms. The number of hydrogen-bond acceptors (Lipinski definition) is 4. The summed E-state index contributed by atoms with van der Waals surface area (Å²) < 4.78 is 24.2. The molecule has 4 nitrogen and oxygen atoms in total. The van der Waals surface area contributed by atoms with Crippen molar-refractivity contribution in [2.24, 2.45) is 5.73 Å². The Morgan fingerprint density at radius 2 is 2.06 bits per heavy atom. The van der Waals surface area contributed by atoms with E-state index in [4.69, 9.17) is 15.2 Å². The molecule has 1 unspecified atom stereocenters. The van der Waals surface area contributed by atoms with Crippen LogP contribution in [0.5, 0.6) is 5.75 Å². The third-order valence-electron chi connectivity index (χ3n) is 3.10. The van der Waals surface area contributed by atoms with Crippen molar-refractivity contribution >= 4 is 0 Å². The number of para-hydroxylation sites is 1. The minimum Gasteiger partial charge on any atom is -0.489 e. The second-order valence-corrected chi connectivity index (χ2v) is 4.28. The van der Waals surface area contributed by atoms with E-state index in [1.807, 2.05) is 0 Å². The molecule has 1 atom stereocenters. The Morgan fingerprint density at radius 3 is 2.72 bits per heavy atom. The van der Waals surface area contributed by atoms with Crippen LogP contribution in [-0.2, 0) is 4.74 Å². The van der Waals surface area contributed by atoms with E-state index in [1.165, 1.54) is 6.07 Å². The Balaban J connectivity index is 1.88. The van der Waals surface area contributed by atoms with Crippen LogP contribution in [0, 0.1) is 5.82 Å². The Kier molecular flexibility index (Phi) is 4.92. The maximum absolute atomic E-state index is 13.4. The van der Waals surface area contributed by atoms with Crippen LogP contribution in [0.1, 0.15) is 0 Å². The highest BCUT2D eigenvalue weighted by Crippen LogP contribution is 2.16. The largest absolute Gasteiger partial charge is 0.489 e. The Morgan fingerprint density at radius 1 is 1.33 bits per heavy atom. The zero-order valence-electron chi connectivity index (χ0n) is 10.3. The SMILES string of the molecule is NCC(COc1ccccc1F)N1CCOCC1. The van der Waals surface area contributed by atoms with Crippen molar-refractivity contribution in [1.82, 2.24) is 4.90 Å². The maximum atomic E-state index is 13.4. The molecule has 1 aliphatic rings. The summed E-state index contributed by atoms with van der Waals surface area (Å²) in [5.41, 5.74) is 5.75. The van der Waals surface area contributed by atoms with Crippen LogP contribution in [0.2, 0.25) is 0 Å². The molecule has 2 N–H and O–H groups in total. The summed E-state index contributed by atoms with van der Waals surface area (Å²) in [5, 5.41) is 0. The fourth-order valence-electron chi connectivity index (χ4n) is 2.01. The molecule has 0 bridgehead atoms. The van der Waals surface area contributed by atoms with Crippen molar-refractivity contribution < 1.29 is 13.9 Å².